The number of rotatable bonds is 13. The summed E-state index contributed by atoms with van der Waals surface area (Å²) in [5, 5.41) is 16.4. The molecule has 3 aromatic carbocycles. The van der Waals surface area contributed by atoms with Crippen LogP contribution in [0.2, 0.25) is 0 Å². The van der Waals surface area contributed by atoms with E-state index in [0.29, 0.717) is 30.6 Å². The lowest BCUT2D eigenvalue weighted by molar-refractivity contribution is 0.218. The lowest BCUT2D eigenvalue weighted by atomic mass is 10.0. The molecule has 0 aromatic heterocycles. The van der Waals surface area contributed by atoms with Crippen LogP contribution in [0.4, 0.5) is 4.39 Å². The largest absolute Gasteiger partial charge is 0.508 e. The summed E-state index contributed by atoms with van der Waals surface area (Å²) in [6, 6.07) is 22.7. The summed E-state index contributed by atoms with van der Waals surface area (Å²) in [5.41, 5.74) is 16.8. The first kappa shape index (κ1) is 27.7. The number of aliphatic imine (C=N–C) groups is 1. The molecule has 2 unspecified atom stereocenters. The van der Waals surface area contributed by atoms with E-state index in [-0.39, 0.29) is 30.3 Å². The Morgan fingerprint density at radius 1 is 0.974 bits per heavy atom. The Kier molecular flexibility index (Phi) is 9.22. The van der Waals surface area contributed by atoms with Crippen LogP contribution in [0.25, 0.3) is 0 Å². The van der Waals surface area contributed by atoms with Crippen molar-refractivity contribution in [3.63, 3.8) is 0 Å². The van der Waals surface area contributed by atoms with E-state index in [2.05, 4.69) is 70.1 Å². The summed E-state index contributed by atoms with van der Waals surface area (Å²) >= 11 is 0. The number of phenols is 1. The van der Waals surface area contributed by atoms with Gasteiger partial charge in [-0.2, -0.15) is 0 Å². The number of benzene rings is 3. The molecule has 7 nitrogen and oxygen atoms in total. The Labute approximate surface area is 229 Å². The van der Waals surface area contributed by atoms with Gasteiger partial charge in [0.15, 0.2) is 5.96 Å². The molecule has 1 aliphatic rings. The first-order valence-corrected chi connectivity index (χ1v) is 13.1. The summed E-state index contributed by atoms with van der Waals surface area (Å²) in [6.45, 7) is 11.1. The van der Waals surface area contributed by atoms with E-state index in [4.69, 9.17) is 11.5 Å². The topological polar surface area (TPSA) is 112 Å². The lowest BCUT2D eigenvalue weighted by Gasteiger charge is -2.33. The highest BCUT2D eigenvalue weighted by Crippen LogP contribution is 2.35. The van der Waals surface area contributed by atoms with Crippen LogP contribution in [0.15, 0.2) is 102 Å². The molecule has 2 atom stereocenters. The van der Waals surface area contributed by atoms with Crippen molar-refractivity contribution in [3.05, 3.63) is 125 Å². The summed E-state index contributed by atoms with van der Waals surface area (Å²) < 4.78 is 14.3. The number of nitrogens with two attached hydrogens (primary N) is 2. The van der Waals surface area contributed by atoms with E-state index in [1.54, 1.807) is 6.07 Å². The van der Waals surface area contributed by atoms with Crippen molar-refractivity contribution in [2.45, 2.75) is 44.6 Å². The van der Waals surface area contributed by atoms with Crippen molar-refractivity contribution in [1.29, 1.82) is 0 Å². The molecule has 204 valence electrons. The Morgan fingerprint density at radius 3 is 2.28 bits per heavy atom. The molecule has 0 amide bonds. The quantitative estimate of drug-likeness (QED) is 0.128. The summed E-state index contributed by atoms with van der Waals surface area (Å²) in [4.78, 5) is 6.52. The van der Waals surface area contributed by atoms with Gasteiger partial charge >= 0.3 is 0 Å². The number of nitrogens with one attached hydrogen (secondary N) is 2. The van der Waals surface area contributed by atoms with Gasteiger partial charge in [-0.1, -0.05) is 73.8 Å². The van der Waals surface area contributed by atoms with E-state index >= 15 is 0 Å². The van der Waals surface area contributed by atoms with E-state index in [1.165, 1.54) is 17.2 Å². The third-order valence-electron chi connectivity index (χ3n) is 6.94. The maximum atomic E-state index is 14.3. The highest BCUT2D eigenvalue weighted by atomic mass is 19.1. The van der Waals surface area contributed by atoms with Crippen molar-refractivity contribution < 1.29 is 9.50 Å². The Balaban J connectivity index is 1.51. The number of hydrogen-bond acceptors (Lipinski definition) is 5. The third kappa shape index (κ3) is 7.39. The van der Waals surface area contributed by atoms with Crippen LogP contribution in [-0.2, 0) is 19.6 Å². The fraction of sp³-hybridized carbons (Fsp3) is 0.258. The number of halogens is 1. The minimum atomic E-state index is -0.477. The van der Waals surface area contributed by atoms with Crippen LogP contribution in [0.1, 0.15) is 41.1 Å². The smallest absolute Gasteiger partial charge is 0.185 e. The lowest BCUT2D eigenvalue weighted by Crippen LogP contribution is -2.39. The average Bonchev–Trinajstić information content (AvgIpc) is 3.34. The minimum absolute atomic E-state index is 0.0569. The van der Waals surface area contributed by atoms with Gasteiger partial charge in [0.1, 0.15) is 11.6 Å². The van der Waals surface area contributed by atoms with Crippen molar-refractivity contribution in [3.8, 4) is 5.75 Å². The maximum absolute atomic E-state index is 14.3. The first-order chi connectivity index (χ1) is 18.8. The predicted octanol–water partition coefficient (Wildman–Crippen LogP) is 4.42. The molecule has 1 aliphatic heterocycles. The molecule has 0 saturated carbocycles. The van der Waals surface area contributed by atoms with E-state index in [9.17, 15) is 9.50 Å². The molecule has 8 heteroatoms. The molecule has 3 aromatic rings. The van der Waals surface area contributed by atoms with Gasteiger partial charge in [-0.05, 0) is 35.6 Å². The molecule has 0 aliphatic carbocycles. The zero-order valence-electron chi connectivity index (χ0n) is 22.1. The Morgan fingerprint density at radius 2 is 1.64 bits per heavy atom. The van der Waals surface area contributed by atoms with Crippen molar-refractivity contribution in [2.75, 3.05) is 6.54 Å². The van der Waals surface area contributed by atoms with Crippen LogP contribution >= 0.6 is 0 Å². The molecular formula is C31H37FN6O. The summed E-state index contributed by atoms with van der Waals surface area (Å²) in [7, 11) is 0. The van der Waals surface area contributed by atoms with E-state index in [0.717, 1.165) is 30.4 Å². The SMILES string of the molecule is C=C(NCc1ccc(O)cc1F)C(CCCN=C(N)N)NC(=C)C(c1ccccc1)N1Cc2ccccc2C1. The van der Waals surface area contributed by atoms with Crippen LogP contribution < -0.4 is 22.1 Å². The average molecular weight is 529 g/mol. The predicted molar refractivity (Wildman–Crippen MR) is 155 cm³/mol. The monoisotopic (exact) mass is 528 g/mol. The fourth-order valence-electron chi connectivity index (χ4n) is 4.96. The molecule has 39 heavy (non-hydrogen) atoms. The normalized spacial score (nSPS) is 14.2. The zero-order valence-corrected chi connectivity index (χ0v) is 22.1. The zero-order chi connectivity index (χ0) is 27.8. The highest BCUT2D eigenvalue weighted by molar-refractivity contribution is 5.75. The number of aromatic hydroxyl groups is 1. The number of fused-ring (bicyclic) bond motifs is 1. The fourth-order valence-corrected chi connectivity index (χ4v) is 4.96. The third-order valence-corrected chi connectivity index (χ3v) is 6.94. The van der Waals surface area contributed by atoms with Crippen LogP contribution in [0.5, 0.6) is 5.75 Å². The number of nitrogens with zero attached hydrogens (tertiary/aromatic N) is 2. The number of phenolic OH excluding ortho intramolecular Hbond substituents is 1. The minimum Gasteiger partial charge on any atom is -0.508 e. The maximum Gasteiger partial charge on any atom is 0.185 e. The van der Waals surface area contributed by atoms with Crippen LogP contribution in [0, 0.1) is 5.82 Å². The highest BCUT2D eigenvalue weighted by Gasteiger charge is 2.30. The second kappa shape index (κ2) is 13.0. The second-order valence-corrected chi connectivity index (χ2v) is 9.81. The Hall–Kier alpha value is -4.30. The molecule has 1 heterocycles. The molecule has 0 saturated heterocycles. The van der Waals surface area contributed by atoms with Gasteiger partial charge in [-0.3, -0.25) is 9.89 Å². The van der Waals surface area contributed by atoms with Gasteiger partial charge < -0.3 is 27.2 Å². The summed E-state index contributed by atoms with van der Waals surface area (Å²) in [6.07, 6.45) is 1.39. The van der Waals surface area contributed by atoms with Crippen LogP contribution in [0.3, 0.4) is 0 Å². The Bertz CT molecular complexity index is 1300. The number of guanidine groups is 1. The summed E-state index contributed by atoms with van der Waals surface area (Å²) in [5.74, 6) is -0.530. The molecule has 4 rings (SSSR count). The molecule has 0 radical (unpaired) electrons. The van der Waals surface area contributed by atoms with Gasteiger partial charge in [-0.15, -0.1) is 0 Å². The molecule has 0 spiro atoms. The second-order valence-electron chi connectivity index (χ2n) is 9.81. The molecule has 7 N–H and O–H groups in total. The number of hydrogen-bond donors (Lipinski definition) is 5. The van der Waals surface area contributed by atoms with Crippen molar-refractivity contribution >= 4 is 5.96 Å². The van der Waals surface area contributed by atoms with Gasteiger partial charge in [0.25, 0.3) is 0 Å². The van der Waals surface area contributed by atoms with E-state index < -0.39 is 5.82 Å². The van der Waals surface area contributed by atoms with Gasteiger partial charge in [0, 0.05) is 49.2 Å². The molecule has 0 fully saturated rings. The van der Waals surface area contributed by atoms with E-state index in [1.807, 2.05) is 18.2 Å². The standard InChI is InChI=1S/C31H37FN6O/c1-21(36-18-24-14-15-27(39)17-28(24)32)29(13-8-16-35-31(33)34)37-22(2)30(23-9-4-3-5-10-23)38-19-25-11-6-7-12-26(25)20-38/h3-7,9-12,14-15,17,29-30,36-37,39H,1-2,8,13,16,18-20H2,(H4,33,34,35). The van der Waals surface area contributed by atoms with Gasteiger partial charge in [0.2, 0.25) is 0 Å². The van der Waals surface area contributed by atoms with Crippen molar-refractivity contribution in [2.24, 2.45) is 16.5 Å². The molecular weight excluding hydrogens is 491 g/mol. The van der Waals surface area contributed by atoms with Gasteiger partial charge in [-0.25, -0.2) is 4.39 Å². The molecule has 0 bridgehead atoms. The van der Waals surface area contributed by atoms with Gasteiger partial charge in [0.05, 0.1) is 12.1 Å². The van der Waals surface area contributed by atoms with Crippen LogP contribution in [-0.4, -0.2) is 28.6 Å². The van der Waals surface area contributed by atoms with Crippen molar-refractivity contribution in [1.82, 2.24) is 15.5 Å². The first-order valence-electron chi connectivity index (χ1n) is 13.1.